The van der Waals surface area contributed by atoms with E-state index in [4.69, 9.17) is 7.85 Å². The Morgan fingerprint density at radius 3 is 2.36 bits per heavy atom. The second-order valence-corrected chi connectivity index (χ2v) is 4.37. The van der Waals surface area contributed by atoms with Gasteiger partial charge in [0.1, 0.15) is 0 Å². The van der Waals surface area contributed by atoms with Crippen LogP contribution < -0.4 is 0 Å². The smallest absolute Gasteiger partial charge is 0.0660 e. The van der Waals surface area contributed by atoms with Crippen LogP contribution in [-0.2, 0) is 0 Å². The summed E-state index contributed by atoms with van der Waals surface area (Å²) in [6.45, 7) is 4.58. The molecule has 0 heterocycles. The molecule has 0 aromatic carbocycles. The molecule has 1 heteroatoms. The Balaban J connectivity index is 2.29. The first-order valence-electron chi connectivity index (χ1n) is 4.90. The first-order chi connectivity index (χ1) is 5.20. The van der Waals surface area contributed by atoms with Gasteiger partial charge in [-0.15, -0.1) is 0 Å². The van der Waals surface area contributed by atoms with Gasteiger partial charge in [0.2, 0.25) is 0 Å². The third kappa shape index (κ3) is 2.25. The van der Waals surface area contributed by atoms with E-state index in [2.05, 4.69) is 13.8 Å². The summed E-state index contributed by atoms with van der Waals surface area (Å²) in [7, 11) is 5.74. The molecule has 0 saturated heterocycles. The van der Waals surface area contributed by atoms with E-state index in [0.717, 1.165) is 12.2 Å². The lowest BCUT2D eigenvalue weighted by molar-refractivity contribution is 0.187. The van der Waals surface area contributed by atoms with E-state index in [9.17, 15) is 0 Å². The average molecular weight is 150 g/mol. The van der Waals surface area contributed by atoms with Gasteiger partial charge in [-0.25, -0.2) is 0 Å². The summed E-state index contributed by atoms with van der Waals surface area (Å²) in [5.41, 5.74) is 0.436. The van der Waals surface area contributed by atoms with Gasteiger partial charge >= 0.3 is 0 Å². The summed E-state index contributed by atoms with van der Waals surface area (Å²) in [5, 5.41) is 0. The molecular formula is C10H19B. The van der Waals surface area contributed by atoms with Crippen molar-refractivity contribution >= 4 is 7.85 Å². The molecule has 1 aliphatic carbocycles. The van der Waals surface area contributed by atoms with Crippen molar-refractivity contribution in [3.63, 3.8) is 0 Å². The first-order valence-corrected chi connectivity index (χ1v) is 4.90. The van der Waals surface area contributed by atoms with Gasteiger partial charge < -0.3 is 0 Å². The van der Waals surface area contributed by atoms with Crippen molar-refractivity contribution < 1.29 is 0 Å². The first kappa shape index (κ1) is 9.16. The van der Waals surface area contributed by atoms with Crippen molar-refractivity contribution in [2.45, 2.75) is 52.3 Å². The lowest BCUT2D eigenvalue weighted by atomic mass is 9.66. The maximum absolute atomic E-state index is 5.74. The molecule has 2 radical (unpaired) electrons. The fourth-order valence-corrected chi connectivity index (χ4v) is 1.77. The molecule has 1 fully saturated rings. The van der Waals surface area contributed by atoms with Crippen molar-refractivity contribution in [3.05, 3.63) is 0 Å². The lowest BCUT2D eigenvalue weighted by Gasteiger charge is -2.36. The van der Waals surface area contributed by atoms with Crippen LogP contribution in [0.3, 0.4) is 0 Å². The van der Waals surface area contributed by atoms with Crippen LogP contribution in [0.2, 0.25) is 6.32 Å². The Bertz CT molecular complexity index is 112. The maximum atomic E-state index is 5.74. The molecule has 0 amide bonds. The van der Waals surface area contributed by atoms with Gasteiger partial charge in [0.15, 0.2) is 0 Å². The SMILES string of the molecule is [B]CC(C)(CC)CC1CCC1. The summed E-state index contributed by atoms with van der Waals surface area (Å²) in [6.07, 6.45) is 7.82. The molecule has 1 saturated carbocycles. The van der Waals surface area contributed by atoms with Crippen molar-refractivity contribution in [1.29, 1.82) is 0 Å². The highest BCUT2D eigenvalue weighted by Crippen LogP contribution is 2.40. The summed E-state index contributed by atoms with van der Waals surface area (Å²) in [6, 6.07) is 0. The van der Waals surface area contributed by atoms with E-state index >= 15 is 0 Å². The second-order valence-electron chi connectivity index (χ2n) is 4.37. The molecule has 1 rings (SSSR count). The van der Waals surface area contributed by atoms with Gasteiger partial charge in [0.25, 0.3) is 0 Å². The third-order valence-electron chi connectivity index (χ3n) is 3.35. The van der Waals surface area contributed by atoms with Crippen LogP contribution in [-0.4, -0.2) is 7.85 Å². The molecule has 1 aliphatic rings. The predicted molar refractivity (Wildman–Crippen MR) is 50.9 cm³/mol. The molecule has 0 N–H and O–H groups in total. The van der Waals surface area contributed by atoms with Gasteiger partial charge in [-0.05, 0) is 17.8 Å². The largest absolute Gasteiger partial charge is 0.0834 e. The maximum Gasteiger partial charge on any atom is 0.0660 e. The molecule has 0 nitrogen and oxygen atoms in total. The topological polar surface area (TPSA) is 0 Å². The van der Waals surface area contributed by atoms with E-state index in [0.29, 0.717) is 5.41 Å². The van der Waals surface area contributed by atoms with E-state index in [1.54, 1.807) is 0 Å². The Kier molecular flexibility index (Phi) is 3.03. The zero-order chi connectivity index (χ0) is 8.32. The van der Waals surface area contributed by atoms with Gasteiger partial charge in [0, 0.05) is 0 Å². The number of hydrogen-bond donors (Lipinski definition) is 0. The van der Waals surface area contributed by atoms with E-state index in [-0.39, 0.29) is 0 Å². The normalized spacial score (nSPS) is 24.2. The van der Waals surface area contributed by atoms with Crippen molar-refractivity contribution in [3.8, 4) is 0 Å². The van der Waals surface area contributed by atoms with Crippen LogP contribution in [0.4, 0.5) is 0 Å². The molecule has 1 unspecified atom stereocenters. The van der Waals surface area contributed by atoms with Crippen LogP contribution in [0, 0.1) is 11.3 Å². The number of rotatable bonds is 4. The zero-order valence-corrected chi connectivity index (χ0v) is 7.90. The van der Waals surface area contributed by atoms with Crippen molar-refractivity contribution in [1.82, 2.24) is 0 Å². The highest BCUT2D eigenvalue weighted by atomic mass is 14.3. The highest BCUT2D eigenvalue weighted by Gasteiger charge is 2.27. The van der Waals surface area contributed by atoms with Gasteiger partial charge in [-0.2, -0.15) is 0 Å². The summed E-state index contributed by atoms with van der Waals surface area (Å²) >= 11 is 0. The van der Waals surface area contributed by atoms with Gasteiger partial charge in [-0.3, -0.25) is 0 Å². The second kappa shape index (κ2) is 3.64. The Morgan fingerprint density at radius 1 is 1.45 bits per heavy atom. The van der Waals surface area contributed by atoms with Crippen LogP contribution in [0.15, 0.2) is 0 Å². The third-order valence-corrected chi connectivity index (χ3v) is 3.35. The molecule has 1 atom stereocenters. The summed E-state index contributed by atoms with van der Waals surface area (Å²) in [5.74, 6) is 1.00. The lowest BCUT2D eigenvalue weighted by Crippen LogP contribution is -2.23. The average Bonchev–Trinajstić information content (AvgIpc) is 1.97. The monoisotopic (exact) mass is 150 g/mol. The molecule has 0 aromatic heterocycles. The fourth-order valence-electron chi connectivity index (χ4n) is 1.77. The molecular weight excluding hydrogens is 131 g/mol. The fraction of sp³-hybridized carbons (Fsp3) is 1.00. The highest BCUT2D eigenvalue weighted by molar-refractivity contribution is 6.08. The van der Waals surface area contributed by atoms with E-state index < -0.39 is 0 Å². The quantitative estimate of drug-likeness (QED) is 0.540. The standard InChI is InChI=1S/C10H19B/c1-3-10(2,8-11)7-9-5-4-6-9/h9H,3-8H2,1-2H3. The van der Waals surface area contributed by atoms with Crippen LogP contribution >= 0.6 is 0 Å². The number of hydrogen-bond acceptors (Lipinski definition) is 0. The minimum atomic E-state index is 0.436. The molecule has 0 spiro atoms. The van der Waals surface area contributed by atoms with Crippen molar-refractivity contribution in [2.75, 3.05) is 0 Å². The van der Waals surface area contributed by atoms with E-state index in [1.807, 2.05) is 0 Å². The molecule has 0 aromatic rings. The molecule has 0 bridgehead atoms. The Morgan fingerprint density at radius 2 is 2.09 bits per heavy atom. The zero-order valence-electron chi connectivity index (χ0n) is 7.90. The Hall–Kier alpha value is 0.0649. The predicted octanol–water partition coefficient (Wildman–Crippen LogP) is 3.18. The van der Waals surface area contributed by atoms with Crippen molar-refractivity contribution in [2.24, 2.45) is 11.3 Å². The minimum Gasteiger partial charge on any atom is -0.0834 e. The van der Waals surface area contributed by atoms with Crippen LogP contribution in [0.25, 0.3) is 0 Å². The Labute approximate surface area is 72.2 Å². The molecule has 62 valence electrons. The van der Waals surface area contributed by atoms with Crippen LogP contribution in [0.5, 0.6) is 0 Å². The molecule has 0 aliphatic heterocycles. The van der Waals surface area contributed by atoms with Gasteiger partial charge in [-0.1, -0.05) is 45.9 Å². The van der Waals surface area contributed by atoms with Crippen LogP contribution in [0.1, 0.15) is 46.0 Å². The summed E-state index contributed by atoms with van der Waals surface area (Å²) in [4.78, 5) is 0. The molecule has 11 heavy (non-hydrogen) atoms. The van der Waals surface area contributed by atoms with E-state index in [1.165, 1.54) is 32.1 Å². The minimum absolute atomic E-state index is 0.436. The summed E-state index contributed by atoms with van der Waals surface area (Å²) < 4.78 is 0. The van der Waals surface area contributed by atoms with Gasteiger partial charge in [0.05, 0.1) is 7.85 Å².